The number of amides is 2. The van der Waals surface area contributed by atoms with Crippen LogP contribution in [-0.4, -0.2) is 34.0 Å². The summed E-state index contributed by atoms with van der Waals surface area (Å²) in [5, 5.41) is 1.98. The Bertz CT molecular complexity index is 781. The predicted octanol–water partition coefficient (Wildman–Crippen LogP) is 4.24. The number of nitrogens with zero attached hydrogens (tertiary/aromatic N) is 2. The topological polar surface area (TPSA) is 82.5 Å². The van der Waals surface area contributed by atoms with Crippen LogP contribution in [0, 0.1) is 6.92 Å². The number of carbonyl (C=O) groups is 2. The highest BCUT2D eigenvalue weighted by molar-refractivity contribution is 5.87. The Morgan fingerprint density at radius 3 is 2.41 bits per heavy atom. The molecule has 8 heteroatoms. The summed E-state index contributed by atoms with van der Waals surface area (Å²) in [6.07, 6.45) is 0.809. The van der Waals surface area contributed by atoms with Crippen molar-refractivity contribution in [3.05, 3.63) is 48.0 Å². The first kappa shape index (κ1) is 20.4. The van der Waals surface area contributed by atoms with E-state index in [4.69, 9.17) is 9.47 Å². The van der Waals surface area contributed by atoms with Gasteiger partial charge in [0, 0.05) is 18.3 Å². The number of imide groups is 1. The number of hydrogen-bond donors (Lipinski definition) is 1. The Labute approximate surface area is 157 Å². The number of imidazole rings is 1. The fourth-order valence-electron chi connectivity index (χ4n) is 2.36. The summed E-state index contributed by atoms with van der Waals surface area (Å²) < 4.78 is 24.9. The highest BCUT2D eigenvalue weighted by atomic mass is 19.1. The summed E-state index contributed by atoms with van der Waals surface area (Å²) in [6, 6.07) is 7.12. The second-order valence-electron chi connectivity index (χ2n) is 7.01. The van der Waals surface area contributed by atoms with Gasteiger partial charge in [-0.05, 0) is 45.4 Å². The van der Waals surface area contributed by atoms with Gasteiger partial charge in [0.1, 0.15) is 11.7 Å². The molecule has 27 heavy (non-hydrogen) atoms. The lowest BCUT2D eigenvalue weighted by Gasteiger charge is -2.21. The molecule has 0 aliphatic rings. The lowest BCUT2D eigenvalue weighted by atomic mass is 10.1. The normalized spacial score (nSPS) is 12.3. The molecular weight excluding hydrogens is 353 g/mol. The van der Waals surface area contributed by atoms with E-state index in [2.05, 4.69) is 4.98 Å². The van der Waals surface area contributed by atoms with Gasteiger partial charge in [-0.15, -0.1) is 0 Å². The monoisotopic (exact) mass is 377 g/mol. The Morgan fingerprint density at radius 2 is 1.89 bits per heavy atom. The van der Waals surface area contributed by atoms with E-state index >= 15 is 0 Å². The van der Waals surface area contributed by atoms with Gasteiger partial charge >= 0.3 is 12.2 Å². The average Bonchev–Trinajstić information content (AvgIpc) is 2.99. The van der Waals surface area contributed by atoms with Gasteiger partial charge < -0.3 is 14.0 Å². The summed E-state index contributed by atoms with van der Waals surface area (Å²) in [5.74, 6) is 0. The number of aromatic nitrogens is 2. The molecule has 0 saturated carbocycles. The van der Waals surface area contributed by atoms with Gasteiger partial charge in [-0.2, -0.15) is 0 Å². The zero-order valence-corrected chi connectivity index (χ0v) is 15.9. The molecule has 1 N–H and O–H groups in total. The van der Waals surface area contributed by atoms with Crippen LogP contribution in [0.4, 0.5) is 14.0 Å². The van der Waals surface area contributed by atoms with Crippen molar-refractivity contribution >= 4 is 12.2 Å². The van der Waals surface area contributed by atoms with Crippen LogP contribution in [0.15, 0.2) is 36.8 Å². The van der Waals surface area contributed by atoms with Crippen LogP contribution < -0.4 is 5.32 Å². The van der Waals surface area contributed by atoms with Crippen LogP contribution >= 0.6 is 0 Å². The number of carbonyl (C=O) groups excluding carboxylic acids is 2. The molecule has 0 spiro atoms. The minimum Gasteiger partial charge on any atom is -0.443 e. The van der Waals surface area contributed by atoms with Crippen molar-refractivity contribution in [2.75, 3.05) is 6.67 Å². The summed E-state index contributed by atoms with van der Waals surface area (Å²) in [6.45, 7) is 6.24. The number of hydrogen-bond acceptors (Lipinski definition) is 5. The molecule has 1 aromatic heterocycles. The number of ether oxygens (including phenoxy) is 2. The van der Waals surface area contributed by atoms with Crippen molar-refractivity contribution in [3.8, 4) is 5.69 Å². The summed E-state index contributed by atoms with van der Waals surface area (Å²) in [7, 11) is 0. The first-order valence-corrected chi connectivity index (χ1v) is 8.55. The molecule has 0 radical (unpaired) electrons. The molecule has 2 amide bonds. The number of benzene rings is 1. The predicted molar refractivity (Wildman–Crippen MR) is 97.5 cm³/mol. The maximum Gasteiger partial charge on any atom is 0.417 e. The first-order chi connectivity index (χ1) is 12.7. The van der Waals surface area contributed by atoms with E-state index in [0.717, 1.165) is 11.4 Å². The molecule has 0 aliphatic carbocycles. The SMILES string of the molecule is Cc1cn(-c2ccc([C@H](CCF)OC(=O)NC(=O)OC(C)(C)C)cc2)cn1. The lowest BCUT2D eigenvalue weighted by Crippen LogP contribution is -2.37. The molecule has 0 unspecified atom stereocenters. The summed E-state index contributed by atoms with van der Waals surface area (Å²) in [5.41, 5.74) is 1.63. The van der Waals surface area contributed by atoms with E-state index in [-0.39, 0.29) is 6.42 Å². The Kier molecular flexibility index (Phi) is 6.55. The molecule has 0 fully saturated rings. The maximum absolute atomic E-state index is 12.9. The van der Waals surface area contributed by atoms with Crippen LogP contribution in [0.2, 0.25) is 0 Å². The molecule has 1 heterocycles. The Balaban J connectivity index is 2.03. The van der Waals surface area contributed by atoms with E-state index in [0.29, 0.717) is 5.56 Å². The number of rotatable bonds is 5. The molecule has 0 saturated heterocycles. The van der Waals surface area contributed by atoms with Crippen LogP contribution in [0.25, 0.3) is 5.69 Å². The first-order valence-electron chi connectivity index (χ1n) is 8.55. The van der Waals surface area contributed by atoms with Crippen molar-refractivity contribution in [2.45, 2.75) is 45.8 Å². The third-order valence-electron chi connectivity index (χ3n) is 3.50. The van der Waals surface area contributed by atoms with Gasteiger partial charge in [-0.3, -0.25) is 4.39 Å². The van der Waals surface area contributed by atoms with Crippen LogP contribution in [0.1, 0.15) is 44.6 Å². The second kappa shape index (κ2) is 8.66. The van der Waals surface area contributed by atoms with E-state index < -0.39 is 30.6 Å². The van der Waals surface area contributed by atoms with Gasteiger partial charge in [0.15, 0.2) is 0 Å². The third kappa shape index (κ3) is 6.40. The van der Waals surface area contributed by atoms with Crippen LogP contribution in [0.3, 0.4) is 0 Å². The molecule has 146 valence electrons. The van der Waals surface area contributed by atoms with Crippen molar-refractivity contribution in [1.29, 1.82) is 0 Å². The summed E-state index contributed by atoms with van der Waals surface area (Å²) >= 11 is 0. The van der Waals surface area contributed by atoms with Gasteiger partial charge in [0.05, 0.1) is 18.7 Å². The number of alkyl halides is 1. The van der Waals surface area contributed by atoms with Crippen molar-refractivity contribution in [2.24, 2.45) is 0 Å². The van der Waals surface area contributed by atoms with Crippen molar-refractivity contribution < 1.29 is 23.5 Å². The lowest BCUT2D eigenvalue weighted by molar-refractivity contribution is 0.0459. The fraction of sp³-hybridized carbons (Fsp3) is 0.421. The highest BCUT2D eigenvalue weighted by Crippen LogP contribution is 2.23. The minimum absolute atomic E-state index is 0.0226. The molecule has 7 nitrogen and oxygen atoms in total. The quantitative estimate of drug-likeness (QED) is 0.843. The van der Waals surface area contributed by atoms with E-state index in [1.807, 2.05) is 35.1 Å². The number of halogens is 1. The molecule has 1 atom stereocenters. The van der Waals surface area contributed by atoms with Gasteiger partial charge in [0.25, 0.3) is 0 Å². The number of aryl methyl sites for hydroxylation is 1. The molecule has 2 rings (SSSR count). The van der Waals surface area contributed by atoms with E-state index in [9.17, 15) is 14.0 Å². The fourth-order valence-corrected chi connectivity index (χ4v) is 2.36. The molecule has 1 aromatic carbocycles. The standard InChI is InChI=1S/C19H24FN3O4/c1-13-11-23(12-21-13)15-7-5-14(6-8-15)16(9-10-20)26-17(24)22-18(25)27-19(2,3)4/h5-8,11-12,16H,9-10H2,1-4H3,(H,22,24,25)/t16-/m0/s1. The third-order valence-corrected chi connectivity index (χ3v) is 3.50. The largest absolute Gasteiger partial charge is 0.443 e. The smallest absolute Gasteiger partial charge is 0.417 e. The molecule has 0 aliphatic heterocycles. The Hall–Kier alpha value is -2.90. The van der Waals surface area contributed by atoms with Gasteiger partial charge in [-0.25, -0.2) is 19.9 Å². The average molecular weight is 377 g/mol. The summed E-state index contributed by atoms with van der Waals surface area (Å²) in [4.78, 5) is 27.7. The van der Waals surface area contributed by atoms with E-state index in [1.54, 1.807) is 39.2 Å². The maximum atomic E-state index is 12.9. The molecule has 0 bridgehead atoms. The van der Waals surface area contributed by atoms with Crippen LogP contribution in [-0.2, 0) is 9.47 Å². The van der Waals surface area contributed by atoms with E-state index in [1.165, 1.54) is 0 Å². The zero-order chi connectivity index (χ0) is 20.0. The van der Waals surface area contributed by atoms with Crippen molar-refractivity contribution in [3.63, 3.8) is 0 Å². The molecular formula is C19H24FN3O4. The highest BCUT2D eigenvalue weighted by Gasteiger charge is 2.22. The van der Waals surface area contributed by atoms with Gasteiger partial charge in [-0.1, -0.05) is 12.1 Å². The second-order valence-corrected chi connectivity index (χ2v) is 7.01. The minimum atomic E-state index is -0.989. The molecule has 2 aromatic rings. The van der Waals surface area contributed by atoms with Gasteiger partial charge in [0.2, 0.25) is 0 Å². The van der Waals surface area contributed by atoms with Crippen molar-refractivity contribution in [1.82, 2.24) is 14.9 Å². The van der Waals surface area contributed by atoms with Crippen LogP contribution in [0.5, 0.6) is 0 Å². The Morgan fingerprint density at radius 1 is 1.22 bits per heavy atom. The number of nitrogens with one attached hydrogen (secondary N) is 1. The zero-order valence-electron chi connectivity index (χ0n) is 15.9. The number of alkyl carbamates (subject to hydrolysis) is 2.